The van der Waals surface area contributed by atoms with E-state index in [9.17, 15) is 24.6 Å². The predicted octanol–water partition coefficient (Wildman–Crippen LogP) is 2.89. The molecule has 6 heteroatoms. The first-order chi connectivity index (χ1) is 10.3. The number of carboxylic acid groups (broad SMARTS) is 2. The second kappa shape index (κ2) is 7.59. The van der Waals surface area contributed by atoms with Gasteiger partial charge in [0.1, 0.15) is 6.04 Å². The normalized spacial score (nSPS) is 12.0. The number of anilines is 1. The number of hydrogen-bond donors (Lipinski definition) is 3. The van der Waals surface area contributed by atoms with Gasteiger partial charge in [-0.15, -0.1) is 0 Å². The Balaban J connectivity index is 3.26. The molecule has 120 valence electrons. The van der Waals surface area contributed by atoms with Crippen molar-refractivity contribution in [1.82, 2.24) is 0 Å². The summed E-state index contributed by atoms with van der Waals surface area (Å²) < 4.78 is 0. The number of carbonyl (C=O) groups excluding carboxylic acids is 1. The molecule has 1 unspecified atom stereocenters. The smallest absolute Gasteiger partial charge is 0.338 e. The van der Waals surface area contributed by atoms with Crippen LogP contribution in [-0.4, -0.2) is 34.0 Å². The molecule has 0 heterocycles. The van der Waals surface area contributed by atoms with Crippen molar-refractivity contribution in [3.05, 3.63) is 29.3 Å². The fourth-order valence-electron chi connectivity index (χ4n) is 2.21. The number of hydrogen-bond acceptors (Lipinski definition) is 4. The highest BCUT2D eigenvalue weighted by Crippen LogP contribution is 2.23. The number of nitrogens with one attached hydrogen (secondary N) is 1. The lowest BCUT2D eigenvalue weighted by atomic mass is 9.98. The molecule has 1 atom stereocenters. The number of rotatable bonds is 8. The van der Waals surface area contributed by atoms with Crippen molar-refractivity contribution in [2.45, 2.75) is 39.7 Å². The van der Waals surface area contributed by atoms with Crippen LogP contribution in [0.2, 0.25) is 0 Å². The van der Waals surface area contributed by atoms with Gasteiger partial charge in [-0.2, -0.15) is 0 Å². The summed E-state index contributed by atoms with van der Waals surface area (Å²) >= 11 is 0. The Labute approximate surface area is 129 Å². The lowest BCUT2D eigenvalue weighted by molar-refractivity contribution is -0.138. The topological polar surface area (TPSA) is 104 Å². The van der Waals surface area contributed by atoms with Crippen LogP contribution in [0.4, 0.5) is 5.69 Å². The van der Waals surface area contributed by atoms with Gasteiger partial charge in [0.2, 0.25) is 0 Å². The van der Waals surface area contributed by atoms with Crippen molar-refractivity contribution in [2.24, 2.45) is 5.92 Å². The first-order valence-corrected chi connectivity index (χ1v) is 7.16. The minimum absolute atomic E-state index is 0.0914. The molecule has 0 saturated carbocycles. The van der Waals surface area contributed by atoms with E-state index in [-0.39, 0.29) is 34.9 Å². The molecule has 0 aliphatic heterocycles. The Morgan fingerprint density at radius 1 is 1.18 bits per heavy atom. The summed E-state index contributed by atoms with van der Waals surface area (Å²) in [7, 11) is 0. The van der Waals surface area contributed by atoms with Crippen molar-refractivity contribution in [2.75, 3.05) is 5.32 Å². The third-order valence-electron chi connectivity index (χ3n) is 3.23. The molecule has 0 bridgehead atoms. The quantitative estimate of drug-likeness (QED) is 0.638. The van der Waals surface area contributed by atoms with Crippen LogP contribution in [-0.2, 0) is 4.79 Å². The van der Waals surface area contributed by atoms with Crippen LogP contribution in [0.3, 0.4) is 0 Å². The largest absolute Gasteiger partial charge is 0.480 e. The Morgan fingerprint density at radius 3 is 2.27 bits per heavy atom. The molecule has 0 radical (unpaired) electrons. The van der Waals surface area contributed by atoms with Crippen LogP contribution in [0.5, 0.6) is 0 Å². The number of ketones is 1. The SMILES string of the molecule is CCC(=O)c1cccc(NC(CC(C)C)C(=O)O)c1C(=O)O. The minimum atomic E-state index is -1.26. The van der Waals surface area contributed by atoms with Crippen molar-refractivity contribution < 1.29 is 24.6 Å². The summed E-state index contributed by atoms with van der Waals surface area (Å²) in [6.07, 6.45) is 0.526. The summed E-state index contributed by atoms with van der Waals surface area (Å²) in [4.78, 5) is 34.7. The number of aliphatic carboxylic acids is 1. The highest BCUT2D eigenvalue weighted by molar-refractivity contribution is 6.09. The van der Waals surface area contributed by atoms with Crippen LogP contribution in [0.25, 0.3) is 0 Å². The van der Waals surface area contributed by atoms with Gasteiger partial charge in [-0.3, -0.25) is 4.79 Å². The lowest BCUT2D eigenvalue weighted by Gasteiger charge is -2.20. The number of aromatic carboxylic acids is 1. The molecular weight excluding hydrogens is 286 g/mol. The van der Waals surface area contributed by atoms with Gasteiger partial charge in [-0.1, -0.05) is 32.9 Å². The van der Waals surface area contributed by atoms with Gasteiger partial charge in [0.15, 0.2) is 5.78 Å². The van der Waals surface area contributed by atoms with E-state index >= 15 is 0 Å². The molecule has 0 spiro atoms. The second-order valence-electron chi connectivity index (χ2n) is 5.47. The Morgan fingerprint density at radius 2 is 1.82 bits per heavy atom. The maximum absolute atomic E-state index is 11.9. The van der Waals surface area contributed by atoms with Gasteiger partial charge in [0, 0.05) is 12.0 Å². The molecule has 1 aromatic carbocycles. The molecule has 0 aromatic heterocycles. The highest BCUT2D eigenvalue weighted by Gasteiger charge is 2.24. The van der Waals surface area contributed by atoms with Crippen molar-refractivity contribution in [1.29, 1.82) is 0 Å². The molecule has 0 saturated heterocycles. The number of Topliss-reactive ketones (excluding diaryl/α,β-unsaturated/α-hetero) is 1. The maximum Gasteiger partial charge on any atom is 0.338 e. The maximum atomic E-state index is 11.9. The summed E-state index contributed by atoms with van der Waals surface area (Å²) in [6.45, 7) is 5.41. The average molecular weight is 307 g/mol. The van der Waals surface area contributed by atoms with Crippen LogP contribution >= 0.6 is 0 Å². The third kappa shape index (κ3) is 4.31. The predicted molar refractivity (Wildman–Crippen MR) is 82.5 cm³/mol. The van der Waals surface area contributed by atoms with E-state index in [1.54, 1.807) is 13.0 Å². The number of benzene rings is 1. The Kier molecular flexibility index (Phi) is 6.10. The molecule has 6 nitrogen and oxygen atoms in total. The molecule has 3 N–H and O–H groups in total. The fourth-order valence-corrected chi connectivity index (χ4v) is 2.21. The van der Waals surface area contributed by atoms with Gasteiger partial charge in [0.05, 0.1) is 11.3 Å². The van der Waals surface area contributed by atoms with E-state index < -0.39 is 18.0 Å². The molecule has 1 aromatic rings. The van der Waals surface area contributed by atoms with Crippen LogP contribution in [0, 0.1) is 5.92 Å². The number of carbonyl (C=O) groups is 3. The number of carboxylic acids is 2. The minimum Gasteiger partial charge on any atom is -0.480 e. The van der Waals surface area contributed by atoms with E-state index in [1.807, 2.05) is 13.8 Å². The van der Waals surface area contributed by atoms with Crippen molar-refractivity contribution in [3.63, 3.8) is 0 Å². The van der Waals surface area contributed by atoms with Gasteiger partial charge in [-0.05, 0) is 18.4 Å². The molecular formula is C16H21NO5. The molecule has 0 fully saturated rings. The van der Waals surface area contributed by atoms with Gasteiger partial charge in [0.25, 0.3) is 0 Å². The molecule has 0 amide bonds. The Hall–Kier alpha value is -2.37. The van der Waals surface area contributed by atoms with E-state index in [0.29, 0.717) is 6.42 Å². The van der Waals surface area contributed by atoms with Gasteiger partial charge >= 0.3 is 11.9 Å². The Bertz CT molecular complexity index is 580. The van der Waals surface area contributed by atoms with E-state index in [0.717, 1.165) is 0 Å². The first-order valence-electron chi connectivity index (χ1n) is 7.16. The van der Waals surface area contributed by atoms with Crippen molar-refractivity contribution >= 4 is 23.4 Å². The third-order valence-corrected chi connectivity index (χ3v) is 3.23. The summed E-state index contributed by atoms with van der Waals surface area (Å²) in [5.41, 5.74) is 0.0675. The van der Waals surface area contributed by atoms with Crippen molar-refractivity contribution in [3.8, 4) is 0 Å². The zero-order chi connectivity index (χ0) is 16.9. The molecule has 1 rings (SSSR count). The first kappa shape index (κ1) is 17.7. The van der Waals surface area contributed by atoms with Crippen LogP contribution in [0.1, 0.15) is 54.3 Å². The van der Waals surface area contributed by atoms with E-state index in [4.69, 9.17) is 0 Å². The average Bonchev–Trinajstić information content (AvgIpc) is 2.44. The highest BCUT2D eigenvalue weighted by atomic mass is 16.4. The van der Waals surface area contributed by atoms with E-state index in [2.05, 4.69) is 5.32 Å². The van der Waals surface area contributed by atoms with Crippen LogP contribution < -0.4 is 5.32 Å². The zero-order valence-electron chi connectivity index (χ0n) is 12.9. The van der Waals surface area contributed by atoms with Gasteiger partial charge in [-0.25, -0.2) is 9.59 Å². The zero-order valence-corrected chi connectivity index (χ0v) is 12.9. The van der Waals surface area contributed by atoms with Gasteiger partial charge < -0.3 is 15.5 Å². The van der Waals surface area contributed by atoms with Crippen LogP contribution in [0.15, 0.2) is 18.2 Å². The fraction of sp³-hybridized carbons (Fsp3) is 0.438. The summed E-state index contributed by atoms with van der Waals surface area (Å²) in [5.74, 6) is -2.48. The molecule has 0 aliphatic rings. The molecule has 22 heavy (non-hydrogen) atoms. The molecule has 0 aliphatic carbocycles. The van der Waals surface area contributed by atoms with E-state index in [1.165, 1.54) is 12.1 Å². The monoisotopic (exact) mass is 307 g/mol. The second-order valence-corrected chi connectivity index (χ2v) is 5.47. The standard InChI is InChI=1S/C16H21NO5/c1-4-13(18)10-6-5-7-11(14(10)16(21)22)17-12(15(19)20)8-9(2)3/h5-7,9,12,17H,4,8H2,1-3H3,(H,19,20)(H,21,22). The summed E-state index contributed by atoms with van der Waals surface area (Å²) in [5, 5.41) is 21.4. The lowest BCUT2D eigenvalue weighted by Crippen LogP contribution is -2.31. The summed E-state index contributed by atoms with van der Waals surface area (Å²) in [6, 6.07) is 3.56.